The first-order chi connectivity index (χ1) is 9.63. The number of furan rings is 1. The highest BCUT2D eigenvalue weighted by atomic mass is 16.4. The molecule has 4 heteroatoms. The largest absolute Gasteiger partial charge is 0.481 e. The molecule has 5 atom stereocenters. The SMILES string of the molecule is CC1CC1c1ccc(CN2C3CCC2C(C(=O)O)C3)o1. The van der Waals surface area contributed by atoms with Gasteiger partial charge in [-0.15, -0.1) is 0 Å². The molecular formula is C16H21NO3. The minimum atomic E-state index is -0.630. The van der Waals surface area contributed by atoms with Gasteiger partial charge in [-0.3, -0.25) is 9.69 Å². The van der Waals surface area contributed by atoms with Gasteiger partial charge in [0.05, 0.1) is 12.5 Å². The van der Waals surface area contributed by atoms with E-state index in [1.807, 2.05) is 0 Å². The maximum atomic E-state index is 11.3. The lowest BCUT2D eigenvalue weighted by atomic mass is 9.89. The molecule has 4 rings (SSSR count). The highest BCUT2D eigenvalue weighted by Crippen LogP contribution is 2.48. The summed E-state index contributed by atoms with van der Waals surface area (Å²) in [4.78, 5) is 13.6. The lowest BCUT2D eigenvalue weighted by molar-refractivity contribution is -0.142. The van der Waals surface area contributed by atoms with Crippen molar-refractivity contribution in [3.8, 4) is 0 Å². The van der Waals surface area contributed by atoms with Gasteiger partial charge in [-0.05, 0) is 43.7 Å². The third-order valence-electron chi connectivity index (χ3n) is 5.49. The molecule has 0 aromatic carbocycles. The Morgan fingerprint density at radius 2 is 2.20 bits per heavy atom. The fraction of sp³-hybridized carbons (Fsp3) is 0.688. The molecule has 0 spiro atoms. The van der Waals surface area contributed by atoms with Gasteiger partial charge in [-0.25, -0.2) is 0 Å². The van der Waals surface area contributed by atoms with Crippen molar-refractivity contribution in [3.63, 3.8) is 0 Å². The van der Waals surface area contributed by atoms with Crippen LogP contribution in [0.5, 0.6) is 0 Å². The predicted molar refractivity (Wildman–Crippen MR) is 73.3 cm³/mol. The van der Waals surface area contributed by atoms with Gasteiger partial charge in [-0.2, -0.15) is 0 Å². The normalized spacial score (nSPS) is 39.4. The van der Waals surface area contributed by atoms with Crippen LogP contribution in [0.1, 0.15) is 50.0 Å². The molecular weight excluding hydrogens is 254 g/mol. The zero-order chi connectivity index (χ0) is 13.9. The molecule has 1 aliphatic carbocycles. The zero-order valence-corrected chi connectivity index (χ0v) is 11.8. The van der Waals surface area contributed by atoms with Crippen molar-refractivity contribution in [2.45, 2.75) is 57.2 Å². The van der Waals surface area contributed by atoms with Crippen LogP contribution in [0.4, 0.5) is 0 Å². The predicted octanol–water partition coefficient (Wildman–Crippen LogP) is 2.84. The highest BCUT2D eigenvalue weighted by molar-refractivity contribution is 5.71. The van der Waals surface area contributed by atoms with E-state index in [0.717, 1.165) is 43.2 Å². The van der Waals surface area contributed by atoms with E-state index in [-0.39, 0.29) is 12.0 Å². The Balaban J connectivity index is 1.47. The lowest BCUT2D eigenvalue weighted by Gasteiger charge is -2.21. The molecule has 0 amide bonds. The number of hydrogen-bond acceptors (Lipinski definition) is 3. The molecule has 2 saturated heterocycles. The molecule has 1 N–H and O–H groups in total. The molecule has 3 heterocycles. The molecule has 4 nitrogen and oxygen atoms in total. The van der Waals surface area contributed by atoms with Gasteiger partial charge >= 0.3 is 5.97 Å². The van der Waals surface area contributed by atoms with Crippen molar-refractivity contribution in [3.05, 3.63) is 23.7 Å². The van der Waals surface area contributed by atoms with E-state index in [1.54, 1.807) is 0 Å². The molecule has 2 bridgehead atoms. The van der Waals surface area contributed by atoms with Gasteiger partial charge in [0.25, 0.3) is 0 Å². The van der Waals surface area contributed by atoms with Crippen LogP contribution in [0.3, 0.4) is 0 Å². The summed E-state index contributed by atoms with van der Waals surface area (Å²) in [5.41, 5.74) is 0. The summed E-state index contributed by atoms with van der Waals surface area (Å²) in [5.74, 6) is 2.69. The lowest BCUT2D eigenvalue weighted by Crippen LogP contribution is -2.32. The van der Waals surface area contributed by atoms with Crippen molar-refractivity contribution in [1.82, 2.24) is 4.90 Å². The zero-order valence-electron chi connectivity index (χ0n) is 11.8. The van der Waals surface area contributed by atoms with E-state index >= 15 is 0 Å². The van der Waals surface area contributed by atoms with Gasteiger partial charge < -0.3 is 9.52 Å². The van der Waals surface area contributed by atoms with Crippen LogP contribution in [0.2, 0.25) is 0 Å². The van der Waals surface area contributed by atoms with Crippen LogP contribution in [-0.4, -0.2) is 28.1 Å². The summed E-state index contributed by atoms with van der Waals surface area (Å²) in [6, 6.07) is 4.84. The number of aliphatic carboxylic acids is 1. The Morgan fingerprint density at radius 1 is 1.40 bits per heavy atom. The average molecular weight is 275 g/mol. The van der Waals surface area contributed by atoms with Crippen LogP contribution in [-0.2, 0) is 11.3 Å². The summed E-state index contributed by atoms with van der Waals surface area (Å²) in [6.07, 6.45) is 4.22. The number of nitrogens with zero attached hydrogens (tertiary/aromatic N) is 1. The number of carbonyl (C=O) groups is 1. The van der Waals surface area contributed by atoms with Gasteiger partial charge in [0.1, 0.15) is 11.5 Å². The second-order valence-electron chi connectivity index (χ2n) is 6.77. The van der Waals surface area contributed by atoms with Crippen LogP contribution < -0.4 is 0 Å². The first-order valence-electron chi connectivity index (χ1n) is 7.70. The fourth-order valence-corrected chi connectivity index (χ4v) is 4.19. The summed E-state index contributed by atoms with van der Waals surface area (Å²) >= 11 is 0. The summed E-state index contributed by atoms with van der Waals surface area (Å²) in [6.45, 7) is 3.03. The van der Waals surface area contributed by atoms with E-state index in [1.165, 1.54) is 6.42 Å². The Kier molecular flexibility index (Phi) is 2.71. The summed E-state index contributed by atoms with van der Waals surface area (Å²) < 4.78 is 5.97. The number of hydrogen-bond donors (Lipinski definition) is 1. The fourth-order valence-electron chi connectivity index (χ4n) is 4.19. The third-order valence-corrected chi connectivity index (χ3v) is 5.49. The van der Waals surface area contributed by atoms with Crippen molar-refractivity contribution in [1.29, 1.82) is 0 Å². The Labute approximate surface area is 118 Å². The van der Waals surface area contributed by atoms with Gasteiger partial charge in [0, 0.05) is 18.0 Å². The molecule has 2 aliphatic heterocycles. The van der Waals surface area contributed by atoms with E-state index in [2.05, 4.69) is 24.0 Å². The highest BCUT2D eigenvalue weighted by Gasteiger charge is 2.49. The Bertz CT molecular complexity index is 538. The van der Waals surface area contributed by atoms with Gasteiger partial charge in [0.2, 0.25) is 0 Å². The maximum Gasteiger partial charge on any atom is 0.308 e. The first-order valence-corrected chi connectivity index (χ1v) is 7.70. The maximum absolute atomic E-state index is 11.3. The topological polar surface area (TPSA) is 53.7 Å². The van der Waals surface area contributed by atoms with Crippen LogP contribution in [0, 0.1) is 11.8 Å². The number of carboxylic acid groups (broad SMARTS) is 1. The smallest absolute Gasteiger partial charge is 0.308 e. The van der Waals surface area contributed by atoms with Crippen LogP contribution in [0.15, 0.2) is 16.5 Å². The second kappa shape index (κ2) is 4.35. The standard InChI is InChI=1S/C16H21NO3/c1-9-6-12(9)15-5-3-11(20-15)8-17-10-2-4-14(17)13(7-10)16(18)19/h3,5,9-10,12-14H,2,4,6-8H2,1H3,(H,18,19). The average Bonchev–Trinajstić information content (AvgIpc) is 2.84. The first kappa shape index (κ1) is 12.5. The summed E-state index contributed by atoms with van der Waals surface area (Å²) in [5, 5.41) is 9.28. The van der Waals surface area contributed by atoms with Gasteiger partial charge in [0.15, 0.2) is 0 Å². The number of fused-ring (bicyclic) bond motifs is 2. The molecule has 1 aromatic rings. The van der Waals surface area contributed by atoms with Crippen molar-refractivity contribution < 1.29 is 14.3 Å². The van der Waals surface area contributed by atoms with Gasteiger partial charge in [-0.1, -0.05) is 6.92 Å². The molecule has 20 heavy (non-hydrogen) atoms. The minimum Gasteiger partial charge on any atom is -0.481 e. The Morgan fingerprint density at radius 3 is 2.85 bits per heavy atom. The number of rotatable bonds is 4. The van der Waals surface area contributed by atoms with E-state index in [4.69, 9.17) is 4.42 Å². The van der Waals surface area contributed by atoms with Crippen molar-refractivity contribution >= 4 is 5.97 Å². The molecule has 3 fully saturated rings. The van der Waals surface area contributed by atoms with Crippen LogP contribution in [0.25, 0.3) is 0 Å². The number of carboxylic acids is 1. The molecule has 0 radical (unpaired) electrons. The quantitative estimate of drug-likeness (QED) is 0.918. The van der Waals surface area contributed by atoms with Crippen LogP contribution >= 0.6 is 0 Å². The summed E-state index contributed by atoms with van der Waals surface area (Å²) in [7, 11) is 0. The monoisotopic (exact) mass is 275 g/mol. The molecule has 1 aromatic heterocycles. The van der Waals surface area contributed by atoms with E-state index < -0.39 is 5.97 Å². The van der Waals surface area contributed by atoms with Crippen molar-refractivity contribution in [2.24, 2.45) is 11.8 Å². The second-order valence-corrected chi connectivity index (χ2v) is 6.77. The third kappa shape index (κ3) is 1.89. The molecule has 1 saturated carbocycles. The molecule has 108 valence electrons. The molecule has 5 unspecified atom stereocenters. The van der Waals surface area contributed by atoms with E-state index in [9.17, 15) is 9.90 Å². The Hall–Kier alpha value is -1.29. The van der Waals surface area contributed by atoms with Crippen molar-refractivity contribution in [2.75, 3.05) is 0 Å². The van der Waals surface area contributed by atoms with E-state index in [0.29, 0.717) is 12.0 Å². The molecule has 3 aliphatic rings. The minimum absolute atomic E-state index is 0.174.